The maximum atomic E-state index is 14.2. The van der Waals surface area contributed by atoms with E-state index < -0.39 is 28.9 Å². The highest BCUT2D eigenvalue weighted by Crippen LogP contribution is 2.24. The number of carbonyl (C=O) groups is 2. The van der Waals surface area contributed by atoms with Crippen molar-refractivity contribution in [2.75, 3.05) is 11.9 Å². The number of hydrogen-bond acceptors (Lipinski definition) is 6. The molecule has 29 heavy (non-hydrogen) atoms. The van der Waals surface area contributed by atoms with Crippen LogP contribution in [0, 0.1) is 9.39 Å². The number of hydrogen-bond donors (Lipinski definition) is 1. The second-order valence-corrected chi connectivity index (χ2v) is 8.37. The average molecular weight is 516 g/mol. The minimum atomic E-state index is -0.714. The predicted octanol–water partition coefficient (Wildman–Crippen LogP) is 3.85. The molecule has 0 bridgehead atoms. The van der Waals surface area contributed by atoms with Crippen molar-refractivity contribution in [2.45, 2.75) is 39.8 Å². The van der Waals surface area contributed by atoms with E-state index >= 15 is 0 Å². The van der Waals surface area contributed by atoms with Gasteiger partial charge in [0.15, 0.2) is 0 Å². The van der Waals surface area contributed by atoms with Crippen LogP contribution in [0.15, 0.2) is 35.3 Å². The fourth-order valence-electron chi connectivity index (χ4n) is 2.42. The SMILES string of the molecule is CCOC(=O)c1cn(CC(=O)OC(C)(C)C)c(=O)cc1Nc1ccc(I)cc1F. The third-order valence-corrected chi connectivity index (χ3v) is 4.21. The molecule has 1 N–H and O–H groups in total. The Morgan fingerprint density at radius 1 is 1.21 bits per heavy atom. The predicted molar refractivity (Wildman–Crippen MR) is 115 cm³/mol. The maximum absolute atomic E-state index is 14.2. The Morgan fingerprint density at radius 3 is 2.48 bits per heavy atom. The quantitative estimate of drug-likeness (QED) is 0.464. The molecule has 1 heterocycles. The van der Waals surface area contributed by atoms with Gasteiger partial charge in [-0.2, -0.15) is 0 Å². The van der Waals surface area contributed by atoms with Crippen LogP contribution in [0.3, 0.4) is 0 Å². The van der Waals surface area contributed by atoms with Gasteiger partial charge in [-0.1, -0.05) is 0 Å². The van der Waals surface area contributed by atoms with E-state index in [2.05, 4.69) is 5.32 Å². The highest BCUT2D eigenvalue weighted by atomic mass is 127. The van der Waals surface area contributed by atoms with E-state index in [1.165, 1.54) is 18.3 Å². The van der Waals surface area contributed by atoms with E-state index in [1.54, 1.807) is 33.8 Å². The van der Waals surface area contributed by atoms with Crippen LogP contribution in [0.25, 0.3) is 0 Å². The van der Waals surface area contributed by atoms with E-state index in [-0.39, 0.29) is 30.1 Å². The van der Waals surface area contributed by atoms with Crippen molar-refractivity contribution in [3.63, 3.8) is 0 Å². The number of carbonyl (C=O) groups excluding carboxylic acids is 2. The van der Waals surface area contributed by atoms with Crippen molar-refractivity contribution in [1.29, 1.82) is 0 Å². The Morgan fingerprint density at radius 2 is 1.90 bits per heavy atom. The number of halogens is 2. The molecule has 0 radical (unpaired) electrons. The number of aromatic nitrogens is 1. The zero-order valence-corrected chi connectivity index (χ0v) is 18.7. The third-order valence-electron chi connectivity index (χ3n) is 3.54. The van der Waals surface area contributed by atoms with Gasteiger partial charge in [-0.05, 0) is 68.5 Å². The second kappa shape index (κ2) is 9.38. The summed E-state index contributed by atoms with van der Waals surface area (Å²) in [6.45, 7) is 6.50. The van der Waals surface area contributed by atoms with Crippen LogP contribution in [0.4, 0.5) is 15.8 Å². The zero-order chi connectivity index (χ0) is 21.8. The first-order valence-corrected chi connectivity index (χ1v) is 9.93. The monoisotopic (exact) mass is 516 g/mol. The van der Waals surface area contributed by atoms with Crippen molar-refractivity contribution < 1.29 is 23.5 Å². The molecule has 2 aromatic rings. The van der Waals surface area contributed by atoms with Crippen LogP contribution in [-0.2, 0) is 20.8 Å². The van der Waals surface area contributed by atoms with E-state index in [0.717, 1.165) is 10.6 Å². The summed E-state index contributed by atoms with van der Waals surface area (Å²) in [6.07, 6.45) is 1.21. The molecule has 0 aliphatic heterocycles. The smallest absolute Gasteiger partial charge is 0.341 e. The standard InChI is InChI=1S/C20H22FIN2O5/c1-5-28-19(27)13-10-24(11-18(26)29-20(2,3)4)17(25)9-16(13)23-15-7-6-12(22)8-14(15)21/h6-10,23H,5,11H2,1-4H3. The van der Waals surface area contributed by atoms with E-state index in [9.17, 15) is 18.8 Å². The third kappa shape index (κ3) is 6.55. The molecule has 0 unspecified atom stereocenters. The lowest BCUT2D eigenvalue weighted by Gasteiger charge is -2.20. The molecule has 156 valence electrons. The number of benzene rings is 1. The first kappa shape index (κ1) is 22.9. The number of nitrogens with one attached hydrogen (secondary N) is 1. The molecule has 9 heteroatoms. The topological polar surface area (TPSA) is 86.6 Å². The van der Waals surface area contributed by atoms with Gasteiger partial charge in [-0.3, -0.25) is 9.59 Å². The van der Waals surface area contributed by atoms with Gasteiger partial charge >= 0.3 is 11.9 Å². The van der Waals surface area contributed by atoms with Crippen LogP contribution in [0.1, 0.15) is 38.1 Å². The molecule has 0 saturated heterocycles. The van der Waals surface area contributed by atoms with Crippen LogP contribution in [-0.4, -0.2) is 28.7 Å². The Bertz CT molecular complexity index is 982. The van der Waals surface area contributed by atoms with Crippen LogP contribution < -0.4 is 10.9 Å². The summed E-state index contributed by atoms with van der Waals surface area (Å²) in [7, 11) is 0. The average Bonchev–Trinajstić information content (AvgIpc) is 2.58. The van der Waals surface area contributed by atoms with Gasteiger partial charge in [0.05, 0.1) is 23.5 Å². The Hall–Kier alpha value is -2.43. The molecule has 0 aliphatic rings. The first-order chi connectivity index (χ1) is 13.5. The number of esters is 2. The highest BCUT2D eigenvalue weighted by molar-refractivity contribution is 14.1. The molecule has 1 aromatic heterocycles. The molecular weight excluding hydrogens is 494 g/mol. The molecule has 0 fully saturated rings. The number of rotatable bonds is 6. The fourth-order valence-corrected chi connectivity index (χ4v) is 2.87. The van der Waals surface area contributed by atoms with Gasteiger partial charge in [0.2, 0.25) is 0 Å². The summed E-state index contributed by atoms with van der Waals surface area (Å²) in [5, 5.41) is 2.76. The lowest BCUT2D eigenvalue weighted by molar-refractivity contribution is -0.155. The van der Waals surface area contributed by atoms with E-state index in [0.29, 0.717) is 3.57 Å². The van der Waals surface area contributed by atoms with Crippen LogP contribution >= 0.6 is 22.6 Å². The minimum absolute atomic E-state index is 0.00652. The number of anilines is 2. The Balaban J connectivity index is 2.43. The van der Waals surface area contributed by atoms with Gasteiger partial charge in [-0.25, -0.2) is 9.18 Å². The summed E-state index contributed by atoms with van der Waals surface area (Å²) in [6, 6.07) is 5.61. The van der Waals surface area contributed by atoms with Gasteiger partial charge in [0.1, 0.15) is 18.0 Å². The van der Waals surface area contributed by atoms with Crippen LogP contribution in [0.5, 0.6) is 0 Å². The van der Waals surface area contributed by atoms with Gasteiger partial charge in [0.25, 0.3) is 5.56 Å². The molecule has 0 saturated carbocycles. The largest absolute Gasteiger partial charge is 0.462 e. The molecule has 2 rings (SSSR count). The maximum Gasteiger partial charge on any atom is 0.341 e. The normalized spacial score (nSPS) is 11.1. The van der Waals surface area contributed by atoms with Gasteiger partial charge in [0, 0.05) is 15.8 Å². The first-order valence-electron chi connectivity index (χ1n) is 8.85. The molecule has 0 aliphatic carbocycles. The summed E-state index contributed by atoms with van der Waals surface area (Å²) < 4.78 is 26.2. The molecule has 0 spiro atoms. The zero-order valence-electron chi connectivity index (χ0n) is 16.5. The molecular formula is C20H22FIN2O5. The number of nitrogens with zero attached hydrogens (tertiary/aromatic N) is 1. The summed E-state index contributed by atoms with van der Waals surface area (Å²) in [5.41, 5.74) is -1.10. The fraction of sp³-hybridized carbons (Fsp3) is 0.350. The van der Waals surface area contributed by atoms with E-state index in [1.807, 2.05) is 22.6 Å². The van der Waals surface area contributed by atoms with Crippen molar-refractivity contribution in [2.24, 2.45) is 0 Å². The summed E-state index contributed by atoms with van der Waals surface area (Å²) in [5.74, 6) is -1.87. The number of ether oxygens (including phenoxy) is 2. The molecule has 7 nitrogen and oxygen atoms in total. The second-order valence-electron chi connectivity index (χ2n) is 7.12. The van der Waals surface area contributed by atoms with E-state index in [4.69, 9.17) is 9.47 Å². The Kier molecular flexibility index (Phi) is 7.39. The molecule has 0 amide bonds. The van der Waals surface area contributed by atoms with Crippen molar-refractivity contribution in [3.8, 4) is 0 Å². The molecule has 0 atom stereocenters. The van der Waals surface area contributed by atoms with Crippen molar-refractivity contribution >= 4 is 45.9 Å². The van der Waals surface area contributed by atoms with Crippen molar-refractivity contribution in [3.05, 3.63) is 55.8 Å². The summed E-state index contributed by atoms with van der Waals surface area (Å²) in [4.78, 5) is 36.9. The lowest BCUT2D eigenvalue weighted by atomic mass is 10.2. The van der Waals surface area contributed by atoms with Gasteiger partial charge < -0.3 is 19.4 Å². The van der Waals surface area contributed by atoms with Crippen molar-refractivity contribution in [1.82, 2.24) is 4.57 Å². The minimum Gasteiger partial charge on any atom is -0.462 e. The Labute approximate surface area is 181 Å². The lowest BCUT2D eigenvalue weighted by Crippen LogP contribution is -2.31. The summed E-state index contributed by atoms with van der Waals surface area (Å²) >= 11 is 1.97. The highest BCUT2D eigenvalue weighted by Gasteiger charge is 2.20. The van der Waals surface area contributed by atoms with Crippen LogP contribution in [0.2, 0.25) is 0 Å². The van der Waals surface area contributed by atoms with Gasteiger partial charge in [-0.15, -0.1) is 0 Å². The molecule has 1 aromatic carbocycles. The number of pyridine rings is 1.